The van der Waals surface area contributed by atoms with Crippen molar-refractivity contribution in [1.29, 1.82) is 0 Å². The fourth-order valence-electron chi connectivity index (χ4n) is 2.18. The van der Waals surface area contributed by atoms with Crippen molar-refractivity contribution < 1.29 is 4.39 Å². The van der Waals surface area contributed by atoms with Gasteiger partial charge in [-0.05, 0) is 54.2 Å². The van der Waals surface area contributed by atoms with E-state index in [1.54, 1.807) is 6.07 Å². The third-order valence-electron chi connectivity index (χ3n) is 3.31. The van der Waals surface area contributed by atoms with E-state index in [0.29, 0.717) is 5.92 Å². The SMILES string of the molecule is Cc1ccc(F)cc1CC(CBr)c1ccccc1Br. The van der Waals surface area contributed by atoms with E-state index in [1.807, 2.05) is 31.2 Å². The fraction of sp³-hybridized carbons (Fsp3) is 0.250. The molecular formula is C16H15Br2F. The Morgan fingerprint density at radius 1 is 1.16 bits per heavy atom. The van der Waals surface area contributed by atoms with Crippen LogP contribution in [0.4, 0.5) is 4.39 Å². The molecule has 0 saturated carbocycles. The molecule has 1 unspecified atom stereocenters. The molecule has 0 bridgehead atoms. The van der Waals surface area contributed by atoms with Crippen molar-refractivity contribution >= 4 is 31.9 Å². The zero-order valence-electron chi connectivity index (χ0n) is 10.7. The van der Waals surface area contributed by atoms with Gasteiger partial charge < -0.3 is 0 Å². The van der Waals surface area contributed by atoms with Gasteiger partial charge in [0.1, 0.15) is 5.82 Å². The Hall–Kier alpha value is -0.670. The molecule has 0 radical (unpaired) electrons. The highest BCUT2D eigenvalue weighted by Crippen LogP contribution is 2.30. The minimum Gasteiger partial charge on any atom is -0.207 e. The van der Waals surface area contributed by atoms with Gasteiger partial charge in [0, 0.05) is 9.80 Å². The highest BCUT2D eigenvalue weighted by molar-refractivity contribution is 9.10. The second-order valence-electron chi connectivity index (χ2n) is 4.65. The van der Waals surface area contributed by atoms with Crippen LogP contribution in [-0.2, 0) is 6.42 Å². The van der Waals surface area contributed by atoms with Crippen LogP contribution in [-0.4, -0.2) is 5.33 Å². The topological polar surface area (TPSA) is 0 Å². The standard InChI is InChI=1S/C16H15Br2F/c1-11-6-7-14(19)9-12(11)8-13(10-17)15-4-2-3-5-16(15)18/h2-7,9,13H,8,10H2,1H3. The third kappa shape index (κ3) is 3.67. The first kappa shape index (κ1) is 14.7. The second-order valence-corrected chi connectivity index (χ2v) is 6.15. The van der Waals surface area contributed by atoms with Gasteiger partial charge in [0.05, 0.1) is 0 Å². The van der Waals surface area contributed by atoms with Crippen molar-refractivity contribution in [1.82, 2.24) is 0 Å². The summed E-state index contributed by atoms with van der Waals surface area (Å²) in [6.45, 7) is 2.03. The minimum absolute atomic E-state index is 0.166. The van der Waals surface area contributed by atoms with Crippen LogP contribution in [0.5, 0.6) is 0 Å². The molecule has 0 nitrogen and oxygen atoms in total. The first-order valence-electron chi connectivity index (χ1n) is 6.17. The highest BCUT2D eigenvalue weighted by atomic mass is 79.9. The van der Waals surface area contributed by atoms with Gasteiger partial charge in [0.15, 0.2) is 0 Å². The van der Waals surface area contributed by atoms with E-state index in [0.717, 1.165) is 27.4 Å². The molecule has 2 aromatic rings. The Morgan fingerprint density at radius 2 is 1.89 bits per heavy atom. The highest BCUT2D eigenvalue weighted by Gasteiger charge is 2.15. The molecular weight excluding hydrogens is 371 g/mol. The monoisotopic (exact) mass is 384 g/mol. The van der Waals surface area contributed by atoms with E-state index in [1.165, 1.54) is 11.6 Å². The quantitative estimate of drug-likeness (QED) is 0.599. The molecule has 0 aliphatic heterocycles. The molecule has 0 aromatic heterocycles. The predicted octanol–water partition coefficient (Wildman–Crippen LogP) is 5.62. The van der Waals surface area contributed by atoms with E-state index in [4.69, 9.17) is 0 Å². The summed E-state index contributed by atoms with van der Waals surface area (Å²) in [5.74, 6) is 0.164. The second kappa shape index (κ2) is 6.67. The maximum absolute atomic E-state index is 13.4. The number of aryl methyl sites for hydroxylation is 1. The number of halogens is 3. The van der Waals surface area contributed by atoms with Gasteiger partial charge in [-0.25, -0.2) is 4.39 Å². The molecule has 0 fully saturated rings. The fourth-order valence-corrected chi connectivity index (χ4v) is 3.37. The van der Waals surface area contributed by atoms with E-state index < -0.39 is 0 Å². The Labute approximate surface area is 130 Å². The predicted molar refractivity (Wildman–Crippen MR) is 85.5 cm³/mol. The van der Waals surface area contributed by atoms with E-state index in [9.17, 15) is 4.39 Å². The Morgan fingerprint density at radius 3 is 2.58 bits per heavy atom. The normalized spacial score (nSPS) is 12.4. The van der Waals surface area contributed by atoms with Crippen molar-refractivity contribution in [2.45, 2.75) is 19.3 Å². The Kier molecular flexibility index (Phi) is 5.17. The van der Waals surface area contributed by atoms with Crippen molar-refractivity contribution in [2.75, 3.05) is 5.33 Å². The molecule has 0 spiro atoms. The third-order valence-corrected chi connectivity index (χ3v) is 4.81. The molecule has 0 heterocycles. The lowest BCUT2D eigenvalue weighted by atomic mass is 9.92. The molecule has 0 N–H and O–H groups in total. The summed E-state index contributed by atoms with van der Waals surface area (Å²) in [7, 11) is 0. The van der Waals surface area contributed by atoms with Gasteiger partial charge in [-0.3, -0.25) is 0 Å². The van der Waals surface area contributed by atoms with E-state index >= 15 is 0 Å². The van der Waals surface area contributed by atoms with Crippen LogP contribution in [0.25, 0.3) is 0 Å². The number of hydrogen-bond acceptors (Lipinski definition) is 0. The molecule has 100 valence electrons. The summed E-state index contributed by atoms with van der Waals surface area (Å²) in [6.07, 6.45) is 0.831. The van der Waals surface area contributed by atoms with Crippen LogP contribution >= 0.6 is 31.9 Å². The maximum Gasteiger partial charge on any atom is 0.123 e. The number of alkyl halides is 1. The van der Waals surface area contributed by atoms with Crippen LogP contribution in [0.15, 0.2) is 46.9 Å². The van der Waals surface area contributed by atoms with Gasteiger partial charge in [-0.15, -0.1) is 0 Å². The first-order chi connectivity index (χ1) is 9.11. The van der Waals surface area contributed by atoms with Crippen LogP contribution in [0.3, 0.4) is 0 Å². The summed E-state index contributed by atoms with van der Waals surface area (Å²) < 4.78 is 14.5. The van der Waals surface area contributed by atoms with Crippen molar-refractivity contribution in [3.63, 3.8) is 0 Å². The molecule has 19 heavy (non-hydrogen) atoms. The van der Waals surface area contributed by atoms with Crippen molar-refractivity contribution in [3.8, 4) is 0 Å². The maximum atomic E-state index is 13.4. The number of rotatable bonds is 4. The van der Waals surface area contributed by atoms with Gasteiger partial charge in [0.25, 0.3) is 0 Å². The Bertz CT molecular complexity index is 566. The Balaban J connectivity index is 2.29. The van der Waals surface area contributed by atoms with Crippen LogP contribution < -0.4 is 0 Å². The number of benzene rings is 2. The van der Waals surface area contributed by atoms with Crippen molar-refractivity contribution in [3.05, 3.63) is 69.4 Å². The van der Waals surface area contributed by atoms with Crippen molar-refractivity contribution in [2.24, 2.45) is 0 Å². The lowest BCUT2D eigenvalue weighted by Gasteiger charge is -2.17. The van der Waals surface area contributed by atoms with Crippen LogP contribution in [0, 0.1) is 12.7 Å². The van der Waals surface area contributed by atoms with Gasteiger partial charge in [-0.1, -0.05) is 56.1 Å². The molecule has 0 aliphatic carbocycles. The summed E-state index contributed by atoms with van der Waals surface area (Å²) in [4.78, 5) is 0. The van der Waals surface area contributed by atoms with E-state index in [2.05, 4.69) is 37.9 Å². The van der Waals surface area contributed by atoms with Crippen LogP contribution in [0.1, 0.15) is 22.6 Å². The lowest BCUT2D eigenvalue weighted by molar-refractivity contribution is 0.622. The van der Waals surface area contributed by atoms with Gasteiger partial charge >= 0.3 is 0 Å². The summed E-state index contributed by atoms with van der Waals surface area (Å²) >= 11 is 7.16. The lowest BCUT2D eigenvalue weighted by Crippen LogP contribution is -2.06. The first-order valence-corrected chi connectivity index (χ1v) is 8.08. The van der Waals surface area contributed by atoms with Gasteiger partial charge in [-0.2, -0.15) is 0 Å². The van der Waals surface area contributed by atoms with Gasteiger partial charge in [0.2, 0.25) is 0 Å². The summed E-state index contributed by atoms with van der Waals surface area (Å²) in [5.41, 5.74) is 3.46. The average Bonchev–Trinajstić information content (AvgIpc) is 2.41. The zero-order valence-corrected chi connectivity index (χ0v) is 13.8. The summed E-state index contributed by atoms with van der Waals surface area (Å²) in [5, 5.41) is 0.853. The largest absolute Gasteiger partial charge is 0.207 e. The summed E-state index contributed by atoms with van der Waals surface area (Å²) in [6, 6.07) is 13.2. The smallest absolute Gasteiger partial charge is 0.123 e. The minimum atomic E-state index is -0.166. The zero-order chi connectivity index (χ0) is 13.8. The van der Waals surface area contributed by atoms with Crippen LogP contribution in [0.2, 0.25) is 0 Å². The molecule has 2 rings (SSSR count). The number of hydrogen-bond donors (Lipinski definition) is 0. The molecule has 0 aliphatic rings. The molecule has 2 aromatic carbocycles. The molecule has 0 amide bonds. The molecule has 1 atom stereocenters. The molecule has 3 heteroatoms. The van der Waals surface area contributed by atoms with E-state index in [-0.39, 0.29) is 5.82 Å². The average molecular weight is 386 g/mol. The molecule has 0 saturated heterocycles.